The van der Waals surface area contributed by atoms with E-state index < -0.39 is 17.9 Å². The van der Waals surface area contributed by atoms with Gasteiger partial charge in [-0.3, -0.25) is 0 Å². The number of carbonyl (C=O) groups is 3. The van der Waals surface area contributed by atoms with Crippen LogP contribution in [0, 0.1) is 0 Å². The quantitative estimate of drug-likeness (QED) is 0.0679. The molecule has 0 saturated heterocycles. The van der Waals surface area contributed by atoms with Gasteiger partial charge in [-0.1, -0.05) is 164 Å². The van der Waals surface area contributed by atoms with E-state index in [1.54, 1.807) is 18.2 Å². The lowest BCUT2D eigenvalue weighted by Crippen LogP contribution is -2.09. The van der Waals surface area contributed by atoms with E-state index in [0.29, 0.717) is 17.7 Å². The van der Waals surface area contributed by atoms with E-state index in [1.807, 2.05) is 164 Å². The Labute approximate surface area is 437 Å². The summed E-state index contributed by atoms with van der Waals surface area (Å²) in [5, 5.41) is 0. The third kappa shape index (κ3) is 9.97. The van der Waals surface area contributed by atoms with Crippen LogP contribution in [0.3, 0.4) is 0 Å². The first kappa shape index (κ1) is 46.5. The van der Waals surface area contributed by atoms with Crippen LogP contribution in [0.2, 0.25) is 0 Å². The highest BCUT2D eigenvalue weighted by molar-refractivity contribution is 6.14. The van der Waals surface area contributed by atoms with Gasteiger partial charge < -0.3 is 19.1 Å². The molecule has 10 heteroatoms. The normalized spacial score (nSPS) is 15.6. The summed E-state index contributed by atoms with van der Waals surface area (Å²) in [5.41, 5.74) is 14.5. The minimum absolute atomic E-state index is 0.249. The summed E-state index contributed by atoms with van der Waals surface area (Å²) >= 11 is 0. The Hall–Kier alpha value is -10.6. The monoisotopic (exact) mass is 986 g/mol. The predicted molar refractivity (Wildman–Crippen MR) is 299 cm³/mol. The summed E-state index contributed by atoms with van der Waals surface area (Å²) < 4.78 is 16.4. The summed E-state index contributed by atoms with van der Waals surface area (Å²) in [4.78, 5) is 53.6. The molecule has 0 saturated carbocycles. The molecule has 0 N–H and O–H groups in total. The summed E-state index contributed by atoms with van der Waals surface area (Å²) in [7, 11) is 0. The molecule has 0 spiro atoms. The van der Waals surface area contributed by atoms with Gasteiger partial charge in [-0.25, -0.2) is 29.4 Å². The number of carbonyl (C=O) groups excluding carboxylic acids is 3. The van der Waals surface area contributed by atoms with Gasteiger partial charge in [0.05, 0.1) is 0 Å². The number of hydrogen-bond donors (Lipinski definition) is 0. The fourth-order valence-electron chi connectivity index (χ4n) is 8.99. The van der Waals surface area contributed by atoms with Crippen molar-refractivity contribution in [2.45, 2.75) is 0 Å². The van der Waals surface area contributed by atoms with E-state index in [9.17, 15) is 14.4 Å². The van der Waals surface area contributed by atoms with Crippen LogP contribution in [-0.2, 0) is 28.6 Å². The minimum atomic E-state index is -0.481. The SMILES string of the molecule is O=C1OC(c2ccccc2)=N/C1=C/c1ccc(-c2ccc(N(c3ccc(-c4ccc(/C=C5/N=C(c6ccccc6)OC5=O)cc4)cc3)c3ccc(-c4ccc(/C=C5/N=C(c6ccccc6)OC5=O)cc4)cc3)cc2)cc1. The van der Waals surface area contributed by atoms with Crippen LogP contribution in [0.4, 0.5) is 17.1 Å². The number of anilines is 3. The van der Waals surface area contributed by atoms with Crippen LogP contribution in [0.25, 0.3) is 51.6 Å². The lowest BCUT2D eigenvalue weighted by molar-refractivity contribution is -0.130. The van der Waals surface area contributed by atoms with Crippen molar-refractivity contribution in [1.82, 2.24) is 0 Å². The van der Waals surface area contributed by atoms with Gasteiger partial charge in [-0.05, 0) is 141 Å². The number of hydrogen-bond acceptors (Lipinski definition) is 10. The van der Waals surface area contributed by atoms with Gasteiger partial charge in [0.1, 0.15) is 0 Å². The number of rotatable bonds is 12. The maximum absolute atomic E-state index is 12.7. The van der Waals surface area contributed by atoms with E-state index in [1.165, 1.54) is 0 Å². The molecule has 76 heavy (non-hydrogen) atoms. The van der Waals surface area contributed by atoms with Gasteiger partial charge in [0.15, 0.2) is 17.1 Å². The van der Waals surface area contributed by atoms with Crippen LogP contribution in [0.15, 0.2) is 269 Å². The Bertz CT molecular complexity index is 3460. The zero-order valence-electron chi connectivity index (χ0n) is 40.5. The molecule has 0 aliphatic carbocycles. The largest absolute Gasteiger partial charge is 0.402 e. The molecule has 3 aliphatic rings. The summed E-state index contributed by atoms with van der Waals surface area (Å²) in [5.74, 6) is -0.561. The molecule has 3 aliphatic heterocycles. The molecule has 0 fully saturated rings. The lowest BCUT2D eigenvalue weighted by Gasteiger charge is -2.26. The topological polar surface area (TPSA) is 119 Å². The maximum Gasteiger partial charge on any atom is 0.363 e. The number of esters is 3. The molecule has 9 aromatic carbocycles. The standard InChI is InChI=1S/C66H42N4O6/c71-64-58(67-61(74-64)52-10-4-1-5-11-52)40-43-16-22-46(23-17-43)49-28-34-55(35-29-49)70(56-36-30-50(31-37-56)47-24-18-44(19-25-47)41-59-65(72)75-62(68-59)53-12-6-2-7-13-53)57-38-32-51(33-39-57)48-26-20-45(21-27-48)42-60-66(73)76-63(69-60)54-14-8-3-9-15-54/h1-42H/b58-40+,59-41+,60-42+. The Balaban J connectivity index is 0.801. The molecular formula is C66H42N4O6. The maximum atomic E-state index is 12.7. The molecule has 0 radical (unpaired) electrons. The first-order valence-electron chi connectivity index (χ1n) is 24.5. The van der Waals surface area contributed by atoms with Crippen LogP contribution >= 0.6 is 0 Å². The Morgan fingerprint density at radius 2 is 0.487 bits per heavy atom. The highest BCUT2D eigenvalue weighted by atomic mass is 16.6. The van der Waals surface area contributed by atoms with Gasteiger partial charge in [-0.15, -0.1) is 0 Å². The second-order valence-electron chi connectivity index (χ2n) is 17.9. The molecule has 9 aromatic rings. The highest BCUT2D eigenvalue weighted by Crippen LogP contribution is 2.38. The van der Waals surface area contributed by atoms with Crippen molar-refractivity contribution in [3.8, 4) is 33.4 Å². The Kier molecular flexibility index (Phi) is 12.5. The lowest BCUT2D eigenvalue weighted by atomic mass is 10.0. The summed E-state index contributed by atoms with van der Waals surface area (Å²) in [6, 6.07) is 77.4. The molecule has 0 atom stereocenters. The zero-order valence-corrected chi connectivity index (χ0v) is 40.5. The number of benzene rings is 9. The van der Waals surface area contributed by atoms with Crippen molar-refractivity contribution in [1.29, 1.82) is 0 Å². The van der Waals surface area contributed by atoms with Crippen LogP contribution in [-0.4, -0.2) is 35.6 Å². The number of nitrogens with zero attached hydrogens (tertiary/aromatic N) is 4. The minimum Gasteiger partial charge on any atom is -0.402 e. The average Bonchev–Trinajstić information content (AvgIpc) is 4.17. The smallest absolute Gasteiger partial charge is 0.363 e. The Morgan fingerprint density at radius 1 is 0.263 bits per heavy atom. The molecule has 0 aromatic heterocycles. The fourth-order valence-corrected chi connectivity index (χ4v) is 8.99. The molecule has 0 unspecified atom stereocenters. The van der Waals surface area contributed by atoms with Crippen LogP contribution in [0.1, 0.15) is 33.4 Å². The summed E-state index contributed by atoms with van der Waals surface area (Å²) in [6.07, 6.45) is 5.21. The van der Waals surface area contributed by atoms with Crippen molar-refractivity contribution in [2.75, 3.05) is 4.90 Å². The number of ether oxygens (including phenoxy) is 3. The van der Waals surface area contributed by atoms with E-state index in [4.69, 9.17) is 14.2 Å². The number of aliphatic imine (C=N–C) groups is 3. The predicted octanol–water partition coefficient (Wildman–Crippen LogP) is 14.2. The highest BCUT2D eigenvalue weighted by Gasteiger charge is 2.26. The van der Waals surface area contributed by atoms with Gasteiger partial charge >= 0.3 is 17.9 Å². The summed E-state index contributed by atoms with van der Waals surface area (Å²) in [6.45, 7) is 0. The van der Waals surface area contributed by atoms with Gasteiger partial charge in [0.2, 0.25) is 17.7 Å². The van der Waals surface area contributed by atoms with Gasteiger partial charge in [-0.2, -0.15) is 0 Å². The van der Waals surface area contributed by atoms with Crippen molar-refractivity contribution < 1.29 is 28.6 Å². The fraction of sp³-hybridized carbons (Fsp3) is 0. The molecule has 0 bridgehead atoms. The first-order valence-corrected chi connectivity index (χ1v) is 24.5. The van der Waals surface area contributed by atoms with Gasteiger partial charge in [0, 0.05) is 33.8 Å². The van der Waals surface area contributed by atoms with E-state index in [2.05, 4.69) is 92.7 Å². The molecular weight excluding hydrogens is 945 g/mol. The third-order valence-electron chi connectivity index (χ3n) is 12.9. The first-order chi connectivity index (χ1) is 37.3. The van der Waals surface area contributed by atoms with E-state index in [-0.39, 0.29) is 17.1 Å². The molecule has 3 heterocycles. The van der Waals surface area contributed by atoms with E-state index >= 15 is 0 Å². The average molecular weight is 987 g/mol. The van der Waals surface area contributed by atoms with Crippen molar-refractivity contribution >= 4 is 70.9 Å². The van der Waals surface area contributed by atoms with Crippen LogP contribution < -0.4 is 4.90 Å². The molecule has 0 amide bonds. The van der Waals surface area contributed by atoms with Gasteiger partial charge in [0.25, 0.3) is 0 Å². The van der Waals surface area contributed by atoms with Crippen molar-refractivity contribution in [2.24, 2.45) is 15.0 Å². The zero-order chi connectivity index (χ0) is 51.4. The molecule has 12 rings (SSSR count). The second kappa shape index (κ2) is 20.5. The molecule has 10 nitrogen and oxygen atoms in total. The number of cyclic esters (lactones) is 3. The van der Waals surface area contributed by atoms with Crippen LogP contribution in [0.5, 0.6) is 0 Å². The van der Waals surface area contributed by atoms with E-state index in [0.717, 1.165) is 83.8 Å². The van der Waals surface area contributed by atoms with Crippen molar-refractivity contribution in [3.63, 3.8) is 0 Å². The van der Waals surface area contributed by atoms with Crippen molar-refractivity contribution in [3.05, 3.63) is 287 Å². The molecule has 362 valence electrons. The Morgan fingerprint density at radius 3 is 0.724 bits per heavy atom. The second-order valence-corrected chi connectivity index (χ2v) is 17.9. The third-order valence-corrected chi connectivity index (χ3v) is 12.9.